The number of ether oxygens (including phenoxy) is 1. The summed E-state index contributed by atoms with van der Waals surface area (Å²) in [7, 11) is 0. The second-order valence-electron chi connectivity index (χ2n) is 7.19. The quantitative estimate of drug-likeness (QED) is 0.900. The average molecular weight is 340 g/mol. The minimum atomic E-state index is -0.517. The zero-order chi connectivity index (χ0) is 17.2. The summed E-state index contributed by atoms with van der Waals surface area (Å²) in [4.78, 5) is 14.4. The van der Waals surface area contributed by atoms with Gasteiger partial charge in [0.15, 0.2) is 0 Å². The molecule has 0 unspecified atom stereocenters. The molecule has 0 amide bonds. The largest absolute Gasteiger partial charge is 0.491 e. The van der Waals surface area contributed by atoms with Gasteiger partial charge in [0.2, 0.25) is 0 Å². The number of para-hydroxylation sites is 1. The highest BCUT2D eigenvalue weighted by Crippen LogP contribution is 2.34. The first-order chi connectivity index (χ1) is 12.2. The van der Waals surface area contributed by atoms with E-state index in [4.69, 9.17) is 4.74 Å². The number of hydrogen-bond acceptors (Lipinski definition) is 4. The maximum Gasteiger partial charge on any atom is 0.250 e. The van der Waals surface area contributed by atoms with Gasteiger partial charge in [-0.05, 0) is 30.5 Å². The number of aromatic nitrogens is 1. The Kier molecular flexibility index (Phi) is 4.59. The van der Waals surface area contributed by atoms with E-state index in [1.807, 2.05) is 41.0 Å². The Labute approximate surface area is 147 Å². The van der Waals surface area contributed by atoms with Crippen LogP contribution >= 0.6 is 0 Å². The maximum absolute atomic E-state index is 12.1. The van der Waals surface area contributed by atoms with Gasteiger partial charge in [0.25, 0.3) is 5.56 Å². The molecule has 2 bridgehead atoms. The molecule has 5 nitrogen and oxygen atoms in total. The Hall–Kier alpha value is -2.11. The molecule has 1 aromatic carbocycles. The minimum absolute atomic E-state index is 0.108. The summed E-state index contributed by atoms with van der Waals surface area (Å²) >= 11 is 0. The predicted molar refractivity (Wildman–Crippen MR) is 95.9 cm³/mol. The molecule has 5 heteroatoms. The standard InChI is InChI=1S/C20H24N2O3/c23-17(14-25-18-5-2-1-3-6-18)13-21-10-15-9-16(12-21)19-7-4-8-20(24)22(19)11-15/h1-8,15-17,23H,9-14H2/t15-,16+,17+/m0/s1. The molecule has 3 atom stereocenters. The van der Waals surface area contributed by atoms with Crippen molar-refractivity contribution < 1.29 is 9.84 Å². The molecule has 1 saturated heterocycles. The van der Waals surface area contributed by atoms with Gasteiger partial charge in [-0.2, -0.15) is 0 Å². The third-order valence-corrected chi connectivity index (χ3v) is 5.21. The van der Waals surface area contributed by atoms with Crippen LogP contribution in [0.4, 0.5) is 0 Å². The Morgan fingerprint density at radius 2 is 1.92 bits per heavy atom. The van der Waals surface area contributed by atoms with Crippen LogP contribution < -0.4 is 10.3 Å². The molecule has 2 aliphatic heterocycles. The van der Waals surface area contributed by atoms with E-state index in [-0.39, 0.29) is 5.56 Å². The number of nitrogens with zero attached hydrogens (tertiary/aromatic N) is 2. The number of fused-ring (bicyclic) bond motifs is 4. The van der Waals surface area contributed by atoms with Gasteiger partial charge in [0, 0.05) is 43.9 Å². The molecule has 2 aliphatic rings. The van der Waals surface area contributed by atoms with Crippen molar-refractivity contribution in [2.45, 2.75) is 25.0 Å². The second kappa shape index (κ2) is 7.02. The third-order valence-electron chi connectivity index (χ3n) is 5.21. The Morgan fingerprint density at radius 3 is 2.76 bits per heavy atom. The number of rotatable bonds is 5. The van der Waals surface area contributed by atoms with E-state index in [1.54, 1.807) is 6.07 Å². The number of pyridine rings is 1. The normalized spacial score (nSPS) is 23.7. The summed E-state index contributed by atoms with van der Waals surface area (Å²) < 4.78 is 7.59. The Morgan fingerprint density at radius 1 is 1.08 bits per heavy atom. The molecule has 1 fully saturated rings. The van der Waals surface area contributed by atoms with Crippen LogP contribution in [0, 0.1) is 5.92 Å². The fraction of sp³-hybridized carbons (Fsp3) is 0.450. The fourth-order valence-corrected chi connectivity index (χ4v) is 4.20. The van der Waals surface area contributed by atoms with Gasteiger partial charge < -0.3 is 14.4 Å². The molecule has 0 aliphatic carbocycles. The molecule has 1 N–H and O–H groups in total. The number of aliphatic hydroxyl groups is 1. The molecule has 1 aromatic heterocycles. The summed E-state index contributed by atoms with van der Waals surface area (Å²) in [5.74, 6) is 1.64. The summed E-state index contributed by atoms with van der Waals surface area (Å²) in [6, 6.07) is 15.2. The first-order valence-electron chi connectivity index (χ1n) is 8.97. The topological polar surface area (TPSA) is 54.7 Å². The zero-order valence-electron chi connectivity index (χ0n) is 14.3. The van der Waals surface area contributed by atoms with Gasteiger partial charge in [-0.15, -0.1) is 0 Å². The van der Waals surface area contributed by atoms with Crippen molar-refractivity contribution in [1.82, 2.24) is 9.47 Å². The lowest BCUT2D eigenvalue weighted by Crippen LogP contribution is -2.49. The number of β-amino-alcohol motifs (C(OH)–C–C–N with tert-alkyl or cyclic N) is 1. The van der Waals surface area contributed by atoms with Crippen molar-refractivity contribution in [3.05, 3.63) is 64.6 Å². The van der Waals surface area contributed by atoms with Crippen LogP contribution in [0.2, 0.25) is 0 Å². The van der Waals surface area contributed by atoms with E-state index < -0.39 is 6.10 Å². The number of likely N-dealkylation sites (tertiary alicyclic amines) is 1. The lowest BCUT2D eigenvalue weighted by Gasteiger charge is -2.43. The van der Waals surface area contributed by atoms with Crippen LogP contribution in [0.15, 0.2) is 53.3 Å². The van der Waals surface area contributed by atoms with Gasteiger partial charge in [-0.25, -0.2) is 0 Å². The highest BCUT2D eigenvalue weighted by atomic mass is 16.5. The van der Waals surface area contributed by atoms with Gasteiger partial charge in [0.1, 0.15) is 18.5 Å². The number of aliphatic hydroxyl groups excluding tert-OH is 1. The van der Waals surface area contributed by atoms with Crippen molar-refractivity contribution in [1.29, 1.82) is 0 Å². The lowest BCUT2D eigenvalue weighted by atomic mass is 9.83. The first kappa shape index (κ1) is 16.4. The van der Waals surface area contributed by atoms with Crippen molar-refractivity contribution in [2.75, 3.05) is 26.2 Å². The van der Waals surface area contributed by atoms with Crippen LogP contribution in [-0.4, -0.2) is 46.9 Å². The summed E-state index contributed by atoms with van der Waals surface area (Å²) in [6.07, 6.45) is 0.619. The van der Waals surface area contributed by atoms with Crippen molar-refractivity contribution >= 4 is 0 Å². The van der Waals surface area contributed by atoms with E-state index in [1.165, 1.54) is 0 Å². The third kappa shape index (κ3) is 3.62. The van der Waals surface area contributed by atoms with Crippen molar-refractivity contribution in [3.8, 4) is 5.75 Å². The van der Waals surface area contributed by atoms with Gasteiger partial charge in [0.05, 0.1) is 0 Å². The van der Waals surface area contributed by atoms with Crippen LogP contribution in [0.5, 0.6) is 5.75 Å². The van der Waals surface area contributed by atoms with E-state index in [2.05, 4.69) is 11.0 Å². The van der Waals surface area contributed by atoms with Crippen LogP contribution in [0.25, 0.3) is 0 Å². The Balaban J connectivity index is 1.36. The summed E-state index contributed by atoms with van der Waals surface area (Å²) in [5.41, 5.74) is 1.25. The molecule has 25 heavy (non-hydrogen) atoms. The molecule has 3 heterocycles. The van der Waals surface area contributed by atoms with E-state index in [0.29, 0.717) is 25.0 Å². The smallest absolute Gasteiger partial charge is 0.250 e. The fourth-order valence-electron chi connectivity index (χ4n) is 4.20. The van der Waals surface area contributed by atoms with Crippen LogP contribution in [0.1, 0.15) is 18.0 Å². The minimum Gasteiger partial charge on any atom is -0.491 e. The highest BCUT2D eigenvalue weighted by molar-refractivity contribution is 5.21. The van der Waals surface area contributed by atoms with E-state index in [9.17, 15) is 9.90 Å². The summed E-state index contributed by atoms with van der Waals surface area (Å²) in [6.45, 7) is 3.52. The van der Waals surface area contributed by atoms with Gasteiger partial charge >= 0.3 is 0 Å². The van der Waals surface area contributed by atoms with Crippen molar-refractivity contribution in [2.24, 2.45) is 5.92 Å². The molecule has 4 rings (SSSR count). The molecular formula is C20H24N2O3. The number of benzene rings is 1. The van der Waals surface area contributed by atoms with E-state index in [0.717, 1.165) is 37.5 Å². The average Bonchev–Trinajstić information content (AvgIpc) is 2.62. The molecule has 0 saturated carbocycles. The monoisotopic (exact) mass is 340 g/mol. The maximum atomic E-state index is 12.1. The lowest BCUT2D eigenvalue weighted by molar-refractivity contribution is 0.0384. The molecule has 0 radical (unpaired) electrons. The van der Waals surface area contributed by atoms with Crippen LogP contribution in [0.3, 0.4) is 0 Å². The zero-order valence-corrected chi connectivity index (χ0v) is 14.3. The molecular weight excluding hydrogens is 316 g/mol. The van der Waals surface area contributed by atoms with Crippen LogP contribution in [-0.2, 0) is 6.54 Å². The summed E-state index contributed by atoms with van der Waals surface area (Å²) in [5, 5.41) is 10.3. The number of piperidine rings is 1. The Bertz CT molecular complexity index is 774. The molecule has 0 spiro atoms. The highest BCUT2D eigenvalue weighted by Gasteiger charge is 2.34. The van der Waals surface area contributed by atoms with Crippen molar-refractivity contribution in [3.63, 3.8) is 0 Å². The molecule has 132 valence electrons. The van der Waals surface area contributed by atoms with Gasteiger partial charge in [-0.1, -0.05) is 24.3 Å². The van der Waals surface area contributed by atoms with E-state index >= 15 is 0 Å². The predicted octanol–water partition coefficient (Wildman–Crippen LogP) is 1.71. The molecule has 2 aromatic rings. The SMILES string of the molecule is O=c1cccc2n1C[C@H]1C[C@@H]2CN(C[C@@H](O)COc2ccccc2)C1. The van der Waals surface area contributed by atoms with Gasteiger partial charge in [-0.3, -0.25) is 9.69 Å². The number of hydrogen-bond donors (Lipinski definition) is 1. The second-order valence-corrected chi connectivity index (χ2v) is 7.19. The first-order valence-corrected chi connectivity index (χ1v) is 8.97.